The Kier molecular flexibility index (Phi) is 6.53. The number of rotatable bonds is 4. The summed E-state index contributed by atoms with van der Waals surface area (Å²) < 4.78 is 0. The van der Waals surface area contributed by atoms with Gasteiger partial charge in [-0.3, -0.25) is 4.79 Å². The van der Waals surface area contributed by atoms with Gasteiger partial charge in [0.15, 0.2) is 0 Å². The highest BCUT2D eigenvalue weighted by Crippen LogP contribution is 2.46. The van der Waals surface area contributed by atoms with Crippen LogP contribution in [0.15, 0.2) is 54.6 Å². The van der Waals surface area contributed by atoms with Crippen molar-refractivity contribution in [2.75, 3.05) is 5.32 Å². The van der Waals surface area contributed by atoms with E-state index in [9.17, 15) is 10.1 Å². The molecule has 0 atom stereocenters. The van der Waals surface area contributed by atoms with Gasteiger partial charge in [-0.1, -0.05) is 71.9 Å². The second-order valence-corrected chi connectivity index (χ2v) is 8.86. The van der Waals surface area contributed by atoms with Crippen LogP contribution in [-0.4, -0.2) is 5.91 Å². The van der Waals surface area contributed by atoms with Crippen molar-refractivity contribution < 1.29 is 4.79 Å². The normalized spacial score (nSPS) is 13.7. The summed E-state index contributed by atoms with van der Waals surface area (Å²) in [4.78, 5) is 13.0. The van der Waals surface area contributed by atoms with Gasteiger partial charge < -0.3 is 5.32 Å². The second-order valence-electron chi connectivity index (χ2n) is 7.64. The number of anilines is 1. The molecule has 1 aliphatic carbocycles. The molecule has 1 saturated carbocycles. The minimum Gasteiger partial charge on any atom is -0.325 e. The summed E-state index contributed by atoms with van der Waals surface area (Å²) in [5.74, 6) is -0.0256. The molecule has 3 aromatic rings. The molecule has 0 spiro atoms. The number of nitriles is 1. The van der Waals surface area contributed by atoms with Crippen LogP contribution in [0.4, 0.5) is 5.69 Å². The van der Waals surface area contributed by atoms with Crippen LogP contribution in [0.3, 0.4) is 0 Å². The molecule has 6 heteroatoms. The highest BCUT2D eigenvalue weighted by Gasteiger charge is 2.26. The van der Waals surface area contributed by atoms with Crippen molar-refractivity contribution in [1.82, 2.24) is 0 Å². The molecule has 1 aliphatic rings. The minimum atomic E-state index is -0.0179. The quantitative estimate of drug-likeness (QED) is 0.421. The number of hydrogen-bond donors (Lipinski definition) is 1. The average molecular weight is 470 g/mol. The van der Waals surface area contributed by atoms with Crippen molar-refractivity contribution in [2.24, 2.45) is 5.92 Å². The lowest BCUT2D eigenvalue weighted by atomic mass is 9.91. The third-order valence-electron chi connectivity index (χ3n) is 5.62. The highest BCUT2D eigenvalue weighted by molar-refractivity contribution is 6.45. The fraction of sp³-hybridized carbons (Fsp3) is 0.200. The minimum absolute atomic E-state index is 0.00766. The van der Waals surface area contributed by atoms with Crippen LogP contribution >= 0.6 is 34.8 Å². The van der Waals surface area contributed by atoms with Gasteiger partial charge in [-0.2, -0.15) is 5.26 Å². The topological polar surface area (TPSA) is 52.9 Å². The van der Waals surface area contributed by atoms with Gasteiger partial charge in [0.05, 0.1) is 27.4 Å². The SMILES string of the molecule is N#Cc1cccc(-c2c(NC(=O)C3CCCC3)cc(Cl)c(Cl)c2-c2ccc(Cl)cc2)c1. The molecule has 0 bridgehead atoms. The number of hydrogen-bond acceptors (Lipinski definition) is 2. The van der Waals surface area contributed by atoms with Crippen LogP contribution in [0, 0.1) is 17.2 Å². The molecule has 0 aliphatic heterocycles. The van der Waals surface area contributed by atoms with E-state index in [0.717, 1.165) is 42.4 Å². The fourth-order valence-electron chi connectivity index (χ4n) is 4.08. The van der Waals surface area contributed by atoms with E-state index < -0.39 is 0 Å². The summed E-state index contributed by atoms with van der Waals surface area (Å²) in [6, 6.07) is 18.4. The van der Waals surface area contributed by atoms with E-state index in [1.165, 1.54) is 0 Å². The Balaban J connectivity index is 1.94. The van der Waals surface area contributed by atoms with Crippen LogP contribution in [0.2, 0.25) is 15.1 Å². The first-order valence-corrected chi connectivity index (χ1v) is 11.2. The molecular formula is C25H19Cl3N2O. The molecule has 1 amide bonds. The molecule has 156 valence electrons. The Hall–Kier alpha value is -2.51. The fourth-order valence-corrected chi connectivity index (χ4v) is 4.67. The Morgan fingerprint density at radius 2 is 1.65 bits per heavy atom. The van der Waals surface area contributed by atoms with Crippen LogP contribution in [-0.2, 0) is 4.79 Å². The maximum absolute atomic E-state index is 13.0. The van der Waals surface area contributed by atoms with Crippen molar-refractivity contribution in [2.45, 2.75) is 25.7 Å². The molecule has 0 radical (unpaired) electrons. The summed E-state index contributed by atoms with van der Waals surface area (Å²) in [7, 11) is 0. The maximum Gasteiger partial charge on any atom is 0.227 e. The Morgan fingerprint density at radius 1 is 0.935 bits per heavy atom. The predicted octanol–water partition coefficient (Wildman–Crippen LogP) is 7.98. The third-order valence-corrected chi connectivity index (χ3v) is 6.66. The molecule has 1 N–H and O–H groups in total. The van der Waals surface area contributed by atoms with Gasteiger partial charge in [0, 0.05) is 22.1 Å². The van der Waals surface area contributed by atoms with Crippen molar-refractivity contribution >= 4 is 46.4 Å². The summed E-state index contributed by atoms with van der Waals surface area (Å²) in [6.45, 7) is 0. The van der Waals surface area contributed by atoms with E-state index in [4.69, 9.17) is 34.8 Å². The number of halogens is 3. The largest absolute Gasteiger partial charge is 0.325 e. The van der Waals surface area contributed by atoms with E-state index in [1.54, 1.807) is 30.3 Å². The first kappa shape index (κ1) is 21.7. The Bertz CT molecular complexity index is 1180. The maximum atomic E-state index is 13.0. The molecule has 31 heavy (non-hydrogen) atoms. The van der Waals surface area contributed by atoms with Crippen LogP contribution in [0.1, 0.15) is 31.2 Å². The highest BCUT2D eigenvalue weighted by atomic mass is 35.5. The van der Waals surface area contributed by atoms with Gasteiger partial charge in [0.25, 0.3) is 0 Å². The molecule has 0 unspecified atom stereocenters. The molecule has 0 saturated heterocycles. The monoisotopic (exact) mass is 468 g/mol. The van der Waals surface area contributed by atoms with Gasteiger partial charge in [-0.15, -0.1) is 0 Å². The molecule has 3 nitrogen and oxygen atoms in total. The number of amides is 1. The van der Waals surface area contributed by atoms with E-state index >= 15 is 0 Å². The number of nitrogens with one attached hydrogen (secondary N) is 1. The zero-order chi connectivity index (χ0) is 22.0. The van der Waals surface area contributed by atoms with Gasteiger partial charge in [-0.05, 0) is 54.3 Å². The summed E-state index contributed by atoms with van der Waals surface area (Å²) in [5.41, 5.74) is 4.07. The third kappa shape index (κ3) is 4.57. The molecule has 4 rings (SSSR count). The Labute approximate surface area is 196 Å². The number of benzene rings is 3. The van der Waals surface area contributed by atoms with Crippen LogP contribution in [0.5, 0.6) is 0 Å². The standard InChI is InChI=1S/C25H19Cl3N2O/c26-19-10-8-16(9-11-19)23-22(18-7-3-4-15(12-18)14-29)21(13-20(27)24(23)28)30-25(31)17-5-1-2-6-17/h3-4,7-13,17H,1-2,5-6H2,(H,30,31). The van der Waals surface area contributed by atoms with E-state index in [0.29, 0.717) is 31.9 Å². The van der Waals surface area contributed by atoms with Crippen molar-refractivity contribution in [3.05, 3.63) is 75.2 Å². The molecule has 0 heterocycles. The summed E-state index contributed by atoms with van der Waals surface area (Å²) >= 11 is 19.3. The molecule has 1 fully saturated rings. The lowest BCUT2D eigenvalue weighted by Crippen LogP contribution is -2.21. The number of carbonyl (C=O) groups is 1. The zero-order valence-corrected chi connectivity index (χ0v) is 18.9. The smallest absolute Gasteiger partial charge is 0.227 e. The lowest BCUT2D eigenvalue weighted by Gasteiger charge is -2.20. The van der Waals surface area contributed by atoms with Crippen LogP contribution < -0.4 is 5.32 Å². The zero-order valence-electron chi connectivity index (χ0n) is 16.6. The lowest BCUT2D eigenvalue weighted by molar-refractivity contribution is -0.119. The van der Waals surface area contributed by atoms with Crippen LogP contribution in [0.25, 0.3) is 22.3 Å². The molecular weight excluding hydrogens is 451 g/mol. The molecule has 3 aromatic carbocycles. The van der Waals surface area contributed by atoms with Gasteiger partial charge in [-0.25, -0.2) is 0 Å². The van der Waals surface area contributed by atoms with Crippen molar-refractivity contribution in [1.29, 1.82) is 5.26 Å². The van der Waals surface area contributed by atoms with E-state index in [-0.39, 0.29) is 11.8 Å². The first-order valence-electron chi connectivity index (χ1n) is 10.1. The van der Waals surface area contributed by atoms with Crippen molar-refractivity contribution in [3.8, 4) is 28.3 Å². The van der Waals surface area contributed by atoms with E-state index in [1.807, 2.05) is 24.3 Å². The summed E-state index contributed by atoms with van der Waals surface area (Å²) in [6.07, 6.45) is 3.89. The first-order chi connectivity index (χ1) is 15.0. The molecule has 0 aromatic heterocycles. The number of carbonyl (C=O) groups excluding carboxylic acids is 1. The Morgan fingerprint density at radius 3 is 2.32 bits per heavy atom. The average Bonchev–Trinajstić information content (AvgIpc) is 3.32. The van der Waals surface area contributed by atoms with Gasteiger partial charge in [0.1, 0.15) is 0 Å². The second kappa shape index (κ2) is 9.32. The predicted molar refractivity (Wildman–Crippen MR) is 128 cm³/mol. The van der Waals surface area contributed by atoms with Gasteiger partial charge in [0.2, 0.25) is 5.91 Å². The summed E-state index contributed by atoms with van der Waals surface area (Å²) in [5, 5.41) is 13.8. The van der Waals surface area contributed by atoms with E-state index in [2.05, 4.69) is 11.4 Å². The van der Waals surface area contributed by atoms with Gasteiger partial charge >= 0.3 is 0 Å². The number of nitrogens with zero attached hydrogens (tertiary/aromatic N) is 1. The van der Waals surface area contributed by atoms with Crippen molar-refractivity contribution in [3.63, 3.8) is 0 Å².